The third kappa shape index (κ3) is 2.45. The van der Waals surface area contributed by atoms with Crippen molar-refractivity contribution in [3.8, 4) is 10.8 Å². The summed E-state index contributed by atoms with van der Waals surface area (Å²) < 4.78 is 5.19. The molecule has 16 heavy (non-hydrogen) atoms. The molecule has 0 fully saturated rings. The Hall–Kier alpha value is -1.27. The molecule has 5 nitrogen and oxygen atoms in total. The molecule has 0 aliphatic carbocycles. The molecule has 1 unspecified atom stereocenters. The van der Waals surface area contributed by atoms with Gasteiger partial charge in [-0.15, -0.1) is 11.3 Å². The Morgan fingerprint density at radius 2 is 2.38 bits per heavy atom. The summed E-state index contributed by atoms with van der Waals surface area (Å²) in [6.07, 6.45) is 2.52. The summed E-state index contributed by atoms with van der Waals surface area (Å²) in [6, 6.07) is 0.341. The number of thiazole rings is 1. The molecule has 86 valence electrons. The molecule has 2 rings (SSSR count). The zero-order valence-electron chi connectivity index (χ0n) is 9.52. The van der Waals surface area contributed by atoms with Crippen LogP contribution < -0.4 is 5.32 Å². The average Bonchev–Trinajstić information content (AvgIpc) is 2.87. The highest BCUT2D eigenvalue weighted by molar-refractivity contribution is 7.14. The van der Waals surface area contributed by atoms with Gasteiger partial charge in [0.05, 0.1) is 11.2 Å². The van der Waals surface area contributed by atoms with Gasteiger partial charge < -0.3 is 9.84 Å². The fourth-order valence-corrected chi connectivity index (χ4v) is 1.97. The van der Waals surface area contributed by atoms with Gasteiger partial charge in [0.1, 0.15) is 4.88 Å². The van der Waals surface area contributed by atoms with E-state index in [1.807, 2.05) is 14.0 Å². The molecule has 0 aliphatic heterocycles. The fourth-order valence-electron chi connectivity index (χ4n) is 1.27. The number of nitrogens with one attached hydrogen (secondary N) is 1. The van der Waals surface area contributed by atoms with Crippen molar-refractivity contribution in [3.63, 3.8) is 0 Å². The normalized spacial score (nSPS) is 12.9. The quantitative estimate of drug-likeness (QED) is 0.877. The van der Waals surface area contributed by atoms with Gasteiger partial charge in [-0.1, -0.05) is 5.16 Å². The van der Waals surface area contributed by atoms with E-state index < -0.39 is 0 Å². The van der Waals surface area contributed by atoms with Crippen molar-refractivity contribution in [2.45, 2.75) is 26.3 Å². The van der Waals surface area contributed by atoms with Crippen LogP contribution in [0, 0.1) is 6.92 Å². The molecule has 2 aromatic heterocycles. The summed E-state index contributed by atoms with van der Waals surface area (Å²) in [4.78, 5) is 9.42. The lowest BCUT2D eigenvalue weighted by Gasteiger charge is -2.04. The molecular weight excluding hydrogens is 224 g/mol. The summed E-state index contributed by atoms with van der Waals surface area (Å²) in [5.74, 6) is 1.28. The van der Waals surface area contributed by atoms with E-state index in [1.54, 1.807) is 17.5 Å². The molecule has 1 N–H and O–H groups in total. The van der Waals surface area contributed by atoms with Crippen molar-refractivity contribution in [1.29, 1.82) is 0 Å². The Bertz CT molecular complexity index is 465. The molecule has 0 spiro atoms. The highest BCUT2D eigenvalue weighted by atomic mass is 32.1. The Morgan fingerprint density at radius 1 is 1.56 bits per heavy atom. The maximum absolute atomic E-state index is 5.19. The number of nitrogens with zero attached hydrogens (tertiary/aromatic N) is 3. The van der Waals surface area contributed by atoms with E-state index in [0.717, 1.165) is 22.1 Å². The number of likely N-dealkylation sites (N-methyl/N-ethyl adjacent to an activating group) is 1. The maximum Gasteiger partial charge on any atom is 0.269 e. The van der Waals surface area contributed by atoms with Gasteiger partial charge in [0.15, 0.2) is 5.82 Å². The molecular formula is C10H14N4OS. The first kappa shape index (κ1) is 11.2. The highest BCUT2D eigenvalue weighted by Crippen LogP contribution is 2.23. The number of aromatic nitrogens is 3. The van der Waals surface area contributed by atoms with Crippen LogP contribution in [0.5, 0.6) is 0 Å². The second-order valence-electron chi connectivity index (χ2n) is 3.65. The lowest BCUT2D eigenvalue weighted by Crippen LogP contribution is -2.24. The van der Waals surface area contributed by atoms with Crippen LogP contribution in [0.2, 0.25) is 0 Å². The molecule has 0 bridgehead atoms. The summed E-state index contributed by atoms with van der Waals surface area (Å²) in [7, 11) is 1.91. The minimum Gasteiger partial charge on any atom is -0.333 e. The molecule has 0 saturated carbocycles. The Labute approximate surface area is 97.9 Å². The molecule has 6 heteroatoms. The standard InChI is InChI=1S/C10H14N4OS/c1-6(11-3)4-9-13-10(15-14-9)8-5-12-7(2)16-8/h5-6,11H,4H2,1-3H3. The molecule has 0 amide bonds. The lowest BCUT2D eigenvalue weighted by atomic mass is 10.2. The van der Waals surface area contributed by atoms with Gasteiger partial charge in [-0.25, -0.2) is 4.98 Å². The van der Waals surface area contributed by atoms with E-state index in [4.69, 9.17) is 4.52 Å². The number of rotatable bonds is 4. The summed E-state index contributed by atoms with van der Waals surface area (Å²) in [6.45, 7) is 4.03. The molecule has 2 heterocycles. The van der Waals surface area contributed by atoms with Crippen molar-refractivity contribution in [2.75, 3.05) is 7.05 Å². The zero-order valence-corrected chi connectivity index (χ0v) is 10.3. The second-order valence-corrected chi connectivity index (χ2v) is 4.89. The Kier molecular flexibility index (Phi) is 3.31. The van der Waals surface area contributed by atoms with Gasteiger partial charge in [0.2, 0.25) is 0 Å². The topological polar surface area (TPSA) is 63.8 Å². The monoisotopic (exact) mass is 238 g/mol. The number of hydrogen-bond donors (Lipinski definition) is 1. The predicted octanol–water partition coefficient (Wildman–Crippen LogP) is 1.65. The smallest absolute Gasteiger partial charge is 0.269 e. The van der Waals surface area contributed by atoms with E-state index in [0.29, 0.717) is 11.9 Å². The lowest BCUT2D eigenvalue weighted by molar-refractivity contribution is 0.419. The van der Waals surface area contributed by atoms with Gasteiger partial charge in [-0.05, 0) is 20.9 Å². The van der Waals surface area contributed by atoms with Crippen LogP contribution in [-0.2, 0) is 6.42 Å². The highest BCUT2D eigenvalue weighted by Gasteiger charge is 2.12. The van der Waals surface area contributed by atoms with Crippen molar-refractivity contribution in [2.24, 2.45) is 0 Å². The third-order valence-corrected chi connectivity index (χ3v) is 3.18. The molecule has 2 aromatic rings. The van der Waals surface area contributed by atoms with Gasteiger partial charge in [0.25, 0.3) is 5.89 Å². The van der Waals surface area contributed by atoms with E-state index in [-0.39, 0.29) is 0 Å². The van der Waals surface area contributed by atoms with Gasteiger partial charge in [-0.2, -0.15) is 4.98 Å². The summed E-state index contributed by atoms with van der Waals surface area (Å²) in [5, 5.41) is 8.08. The molecule has 0 saturated heterocycles. The molecule has 0 aromatic carbocycles. The second kappa shape index (κ2) is 4.71. The van der Waals surface area contributed by atoms with Gasteiger partial charge >= 0.3 is 0 Å². The SMILES string of the molecule is CNC(C)Cc1noc(-c2cnc(C)s2)n1. The Morgan fingerprint density at radius 3 is 3.00 bits per heavy atom. The van der Waals surface area contributed by atoms with Crippen LogP contribution in [0.1, 0.15) is 17.8 Å². The van der Waals surface area contributed by atoms with Crippen molar-refractivity contribution < 1.29 is 4.52 Å². The molecule has 0 aliphatic rings. The maximum atomic E-state index is 5.19. The Balaban J connectivity index is 2.13. The average molecular weight is 238 g/mol. The van der Waals surface area contributed by atoms with Crippen LogP contribution in [-0.4, -0.2) is 28.2 Å². The fraction of sp³-hybridized carbons (Fsp3) is 0.500. The summed E-state index contributed by atoms with van der Waals surface area (Å²) >= 11 is 1.56. The third-order valence-electron chi connectivity index (χ3n) is 2.28. The van der Waals surface area contributed by atoms with Crippen molar-refractivity contribution in [3.05, 3.63) is 17.0 Å². The first-order chi connectivity index (χ1) is 7.69. The number of aryl methyl sites for hydroxylation is 1. The van der Waals surface area contributed by atoms with Crippen LogP contribution in [0.25, 0.3) is 10.8 Å². The van der Waals surface area contributed by atoms with E-state index >= 15 is 0 Å². The first-order valence-corrected chi connectivity index (χ1v) is 5.93. The van der Waals surface area contributed by atoms with E-state index in [1.165, 1.54) is 0 Å². The van der Waals surface area contributed by atoms with Crippen LogP contribution in [0.3, 0.4) is 0 Å². The van der Waals surface area contributed by atoms with Gasteiger partial charge in [-0.3, -0.25) is 0 Å². The minimum atomic E-state index is 0.341. The first-order valence-electron chi connectivity index (χ1n) is 5.11. The van der Waals surface area contributed by atoms with Crippen LogP contribution in [0.4, 0.5) is 0 Å². The zero-order chi connectivity index (χ0) is 11.5. The van der Waals surface area contributed by atoms with E-state index in [2.05, 4.69) is 27.4 Å². The van der Waals surface area contributed by atoms with E-state index in [9.17, 15) is 0 Å². The predicted molar refractivity (Wildman–Crippen MR) is 62.4 cm³/mol. The van der Waals surface area contributed by atoms with Crippen LogP contribution >= 0.6 is 11.3 Å². The number of hydrogen-bond acceptors (Lipinski definition) is 6. The van der Waals surface area contributed by atoms with Gasteiger partial charge in [0, 0.05) is 12.5 Å². The molecule has 1 atom stereocenters. The minimum absolute atomic E-state index is 0.341. The summed E-state index contributed by atoms with van der Waals surface area (Å²) in [5.41, 5.74) is 0. The largest absolute Gasteiger partial charge is 0.333 e. The van der Waals surface area contributed by atoms with Crippen molar-refractivity contribution in [1.82, 2.24) is 20.4 Å². The van der Waals surface area contributed by atoms with Crippen molar-refractivity contribution >= 4 is 11.3 Å². The van der Waals surface area contributed by atoms with Crippen LogP contribution in [0.15, 0.2) is 10.7 Å². The molecule has 0 radical (unpaired) electrons.